The molecule has 0 saturated heterocycles. The first-order valence-electron chi connectivity index (χ1n) is 6.82. The first-order chi connectivity index (χ1) is 11.5. The van der Waals surface area contributed by atoms with Crippen LogP contribution in [-0.4, -0.2) is 35.9 Å². The van der Waals surface area contributed by atoms with Crippen LogP contribution in [0, 0.1) is 9.52 Å². The molecule has 0 amide bonds. The van der Waals surface area contributed by atoms with E-state index in [9.17, 15) is 14.3 Å². The normalized spacial score (nSPS) is 11.7. The van der Waals surface area contributed by atoms with Gasteiger partial charge in [-0.1, -0.05) is 18.2 Å². The van der Waals surface area contributed by atoms with Crippen LogP contribution in [0.3, 0.4) is 0 Å². The Kier molecular flexibility index (Phi) is 4.69. The highest BCUT2D eigenvalue weighted by Crippen LogP contribution is 2.16. The summed E-state index contributed by atoms with van der Waals surface area (Å²) in [6, 6.07) is 6.36. The number of halogens is 2. The maximum Gasteiger partial charge on any atom is 0.215 e. The predicted octanol–water partition coefficient (Wildman–Crippen LogP) is 2.58. The van der Waals surface area contributed by atoms with Crippen molar-refractivity contribution in [2.75, 3.05) is 0 Å². The number of nitrogens with zero attached hydrogens (tertiary/aromatic N) is 4. The minimum Gasteiger partial charge on any atom is -0.504 e. The number of benzene rings is 1. The van der Waals surface area contributed by atoms with E-state index in [0.717, 1.165) is 6.08 Å². The van der Waals surface area contributed by atoms with Crippen molar-refractivity contribution in [3.63, 3.8) is 0 Å². The second-order valence-electron chi connectivity index (χ2n) is 4.84. The maximum atomic E-state index is 13.7. The minimum absolute atomic E-state index is 0.0251. The van der Waals surface area contributed by atoms with E-state index in [0.29, 0.717) is 14.8 Å². The molecule has 9 heteroatoms. The van der Waals surface area contributed by atoms with Crippen LogP contribution in [-0.2, 0) is 6.54 Å². The van der Waals surface area contributed by atoms with E-state index in [-0.39, 0.29) is 23.9 Å². The fourth-order valence-corrected chi connectivity index (χ4v) is 2.73. The van der Waals surface area contributed by atoms with Crippen molar-refractivity contribution >= 4 is 34.1 Å². The van der Waals surface area contributed by atoms with Gasteiger partial charge in [-0.3, -0.25) is 14.6 Å². The molecule has 0 atom stereocenters. The zero-order valence-electron chi connectivity index (χ0n) is 12.1. The number of hydrogen-bond acceptors (Lipinski definition) is 5. The lowest BCUT2D eigenvalue weighted by molar-refractivity contribution is 0.104. The van der Waals surface area contributed by atoms with Crippen molar-refractivity contribution in [1.29, 1.82) is 0 Å². The first kappa shape index (κ1) is 16.3. The Labute approximate surface area is 149 Å². The third-order valence-corrected chi connectivity index (χ3v) is 3.98. The molecule has 0 aliphatic heterocycles. The summed E-state index contributed by atoms with van der Waals surface area (Å²) in [4.78, 5) is 16.0. The molecule has 0 saturated carbocycles. The minimum atomic E-state index is -0.443. The third kappa shape index (κ3) is 3.50. The summed E-state index contributed by atoms with van der Waals surface area (Å²) in [5, 5.41) is 20.2. The number of H-pyrrole nitrogens is 1. The quantitative estimate of drug-likeness (QED) is 0.276. The van der Waals surface area contributed by atoms with Gasteiger partial charge in [0, 0.05) is 17.8 Å². The molecule has 2 N–H and O–H groups in total. The molecule has 2 heterocycles. The first-order valence-corrected chi connectivity index (χ1v) is 7.90. The van der Waals surface area contributed by atoms with Crippen molar-refractivity contribution in [2.24, 2.45) is 0 Å². The van der Waals surface area contributed by atoms with Gasteiger partial charge < -0.3 is 5.11 Å². The van der Waals surface area contributed by atoms with Gasteiger partial charge in [0.2, 0.25) is 5.82 Å². The molecular formula is C15H11FIN5O2. The van der Waals surface area contributed by atoms with Gasteiger partial charge in [-0.25, -0.2) is 9.37 Å². The average molecular weight is 439 g/mol. The van der Waals surface area contributed by atoms with Crippen molar-refractivity contribution in [3.8, 4) is 0 Å². The van der Waals surface area contributed by atoms with E-state index in [4.69, 9.17) is 0 Å². The van der Waals surface area contributed by atoms with Gasteiger partial charge in [0.05, 0.1) is 12.1 Å². The zero-order valence-corrected chi connectivity index (χ0v) is 14.3. The molecule has 122 valence electrons. The lowest BCUT2D eigenvalue weighted by Gasteiger charge is -2.02. The predicted molar refractivity (Wildman–Crippen MR) is 91.8 cm³/mol. The summed E-state index contributed by atoms with van der Waals surface area (Å²) in [5.41, 5.74) is 0.767. The standard InChI is InChI=1S/C15H11FIN5O2/c16-11-4-2-1-3-9(11)6-22-7-10(14(17)21-22)12(23)5-13(24)15-18-8-19-20-15/h1-5,7-8,24H,6H2,(H,18,19,20). The number of aliphatic hydroxyl groups is 1. The summed E-state index contributed by atoms with van der Waals surface area (Å²) >= 11 is 1.91. The van der Waals surface area contributed by atoms with Crippen LogP contribution < -0.4 is 0 Å². The van der Waals surface area contributed by atoms with Crippen LogP contribution in [0.4, 0.5) is 4.39 Å². The van der Waals surface area contributed by atoms with Gasteiger partial charge in [-0.2, -0.15) is 10.2 Å². The summed E-state index contributed by atoms with van der Waals surface area (Å²) in [5.74, 6) is -1.10. The van der Waals surface area contributed by atoms with Gasteiger partial charge in [0.25, 0.3) is 0 Å². The Bertz CT molecular complexity index is 904. The monoisotopic (exact) mass is 439 g/mol. The zero-order chi connectivity index (χ0) is 17.1. The van der Waals surface area contributed by atoms with Crippen molar-refractivity contribution in [1.82, 2.24) is 25.0 Å². The van der Waals surface area contributed by atoms with E-state index in [1.807, 2.05) is 22.6 Å². The van der Waals surface area contributed by atoms with Gasteiger partial charge >= 0.3 is 0 Å². The number of aromatic amines is 1. The fourth-order valence-electron chi connectivity index (χ4n) is 2.04. The van der Waals surface area contributed by atoms with E-state index in [1.54, 1.807) is 18.2 Å². The molecule has 0 spiro atoms. The van der Waals surface area contributed by atoms with E-state index < -0.39 is 5.78 Å². The summed E-state index contributed by atoms with van der Waals surface area (Å²) in [6.45, 7) is 0.201. The van der Waals surface area contributed by atoms with E-state index >= 15 is 0 Å². The average Bonchev–Trinajstić information content (AvgIpc) is 3.19. The SMILES string of the molecule is O=C(C=C(O)c1nc[nH]n1)c1cn(Cc2ccccc2F)nc1I. The van der Waals surface area contributed by atoms with E-state index in [2.05, 4.69) is 20.3 Å². The van der Waals surface area contributed by atoms with Crippen LogP contribution in [0.1, 0.15) is 21.7 Å². The molecule has 0 aliphatic carbocycles. The Morgan fingerprint density at radius 1 is 1.42 bits per heavy atom. The number of rotatable bonds is 5. The molecule has 7 nitrogen and oxygen atoms in total. The van der Waals surface area contributed by atoms with Crippen LogP contribution in [0.5, 0.6) is 0 Å². The fraction of sp³-hybridized carbons (Fsp3) is 0.0667. The van der Waals surface area contributed by atoms with Gasteiger partial charge in [0.1, 0.15) is 15.8 Å². The molecule has 24 heavy (non-hydrogen) atoms. The smallest absolute Gasteiger partial charge is 0.215 e. The molecule has 3 rings (SSSR count). The second-order valence-corrected chi connectivity index (χ2v) is 5.86. The molecule has 2 aromatic heterocycles. The number of carbonyl (C=O) groups excluding carboxylic acids is 1. The number of nitrogens with one attached hydrogen (secondary N) is 1. The second kappa shape index (κ2) is 6.91. The van der Waals surface area contributed by atoms with Gasteiger partial charge in [0.15, 0.2) is 11.5 Å². The summed E-state index contributed by atoms with van der Waals surface area (Å²) in [7, 11) is 0. The van der Waals surface area contributed by atoms with Crippen LogP contribution in [0.25, 0.3) is 5.76 Å². The number of ketones is 1. The van der Waals surface area contributed by atoms with Gasteiger partial charge in [-0.05, 0) is 28.7 Å². The summed E-state index contributed by atoms with van der Waals surface area (Å²) in [6.07, 6.45) is 3.83. The number of allylic oxidation sites excluding steroid dienone is 1. The molecule has 3 aromatic rings. The largest absolute Gasteiger partial charge is 0.504 e. The highest BCUT2D eigenvalue weighted by atomic mass is 127. The maximum absolute atomic E-state index is 13.7. The lowest BCUT2D eigenvalue weighted by atomic mass is 10.2. The molecule has 1 aromatic carbocycles. The highest BCUT2D eigenvalue weighted by Gasteiger charge is 2.16. The molecule has 0 aliphatic rings. The Morgan fingerprint density at radius 3 is 2.92 bits per heavy atom. The van der Waals surface area contributed by atoms with E-state index in [1.165, 1.54) is 23.3 Å². The number of aromatic nitrogens is 5. The number of carbonyl (C=O) groups is 1. The van der Waals surface area contributed by atoms with Crippen molar-refractivity contribution < 1.29 is 14.3 Å². The molecule has 0 unspecified atom stereocenters. The Morgan fingerprint density at radius 2 is 2.21 bits per heavy atom. The van der Waals surface area contributed by atoms with Crippen molar-refractivity contribution in [2.45, 2.75) is 6.54 Å². The lowest BCUT2D eigenvalue weighted by Crippen LogP contribution is -2.02. The van der Waals surface area contributed by atoms with Crippen LogP contribution in [0.15, 0.2) is 42.9 Å². The number of hydrogen-bond donors (Lipinski definition) is 2. The third-order valence-electron chi connectivity index (χ3n) is 3.18. The van der Waals surface area contributed by atoms with Crippen molar-refractivity contribution in [3.05, 3.63) is 69.3 Å². The molecular weight excluding hydrogens is 428 g/mol. The van der Waals surface area contributed by atoms with Crippen LogP contribution >= 0.6 is 22.6 Å². The Hall–Kier alpha value is -2.56. The Balaban J connectivity index is 1.82. The van der Waals surface area contributed by atoms with Gasteiger partial charge in [-0.15, -0.1) is 0 Å². The molecule has 0 bridgehead atoms. The topological polar surface area (TPSA) is 96.7 Å². The summed E-state index contributed by atoms with van der Waals surface area (Å²) < 4.78 is 15.6. The molecule has 0 radical (unpaired) electrons. The number of aliphatic hydroxyl groups excluding tert-OH is 1. The van der Waals surface area contributed by atoms with Crippen LogP contribution in [0.2, 0.25) is 0 Å². The molecule has 0 fully saturated rings. The highest BCUT2D eigenvalue weighted by molar-refractivity contribution is 14.1.